The van der Waals surface area contributed by atoms with Crippen molar-refractivity contribution in [1.82, 2.24) is 15.1 Å². The van der Waals surface area contributed by atoms with Crippen molar-refractivity contribution in [2.24, 2.45) is 10.8 Å². The van der Waals surface area contributed by atoms with E-state index in [4.69, 9.17) is 9.47 Å². The van der Waals surface area contributed by atoms with Gasteiger partial charge in [0.2, 0.25) is 11.8 Å². The zero-order valence-corrected chi connectivity index (χ0v) is 33.1. The molecular weight excluding hydrogens is 658 g/mol. The lowest BCUT2D eigenvalue weighted by Crippen LogP contribution is -2.52. The highest BCUT2D eigenvalue weighted by atomic mass is 16.5. The van der Waals surface area contributed by atoms with E-state index < -0.39 is 35.4 Å². The van der Waals surface area contributed by atoms with Crippen molar-refractivity contribution < 1.29 is 33.4 Å². The molecule has 0 saturated carbocycles. The molecule has 2 saturated heterocycles. The second kappa shape index (κ2) is 19.3. The Morgan fingerprint density at radius 2 is 1.69 bits per heavy atom. The average molecular weight is 722 g/mol. The van der Waals surface area contributed by atoms with Gasteiger partial charge in [0.25, 0.3) is 0 Å². The van der Waals surface area contributed by atoms with Crippen LogP contribution in [0.25, 0.3) is 0 Å². The first kappa shape index (κ1) is 42.6. The predicted octanol–water partition coefficient (Wildman–Crippen LogP) is 6.57. The van der Waals surface area contributed by atoms with Crippen LogP contribution in [-0.2, 0) is 33.4 Å². The first-order valence-electron chi connectivity index (χ1n) is 19.0. The van der Waals surface area contributed by atoms with Crippen LogP contribution in [0.4, 0.5) is 0 Å². The number of ketones is 1. The summed E-state index contributed by atoms with van der Waals surface area (Å²) in [7, 11) is 0. The maximum absolute atomic E-state index is 13.6. The lowest BCUT2D eigenvalue weighted by Gasteiger charge is -2.32. The third-order valence-corrected chi connectivity index (χ3v) is 10.4. The van der Waals surface area contributed by atoms with Crippen LogP contribution in [0.2, 0.25) is 0 Å². The number of nitrogens with zero attached hydrogens (tertiary/aromatic N) is 2. The summed E-state index contributed by atoms with van der Waals surface area (Å²) in [5, 5.41) is 2.70. The van der Waals surface area contributed by atoms with Gasteiger partial charge in [0, 0.05) is 11.8 Å². The Hall–Kier alpha value is -3.79. The molecular formula is C42H63N3O7. The largest absolute Gasteiger partial charge is 0.461 e. The van der Waals surface area contributed by atoms with E-state index in [9.17, 15) is 24.0 Å². The molecule has 3 unspecified atom stereocenters. The van der Waals surface area contributed by atoms with Crippen LogP contribution in [0.3, 0.4) is 0 Å². The highest BCUT2D eigenvalue weighted by Crippen LogP contribution is 2.40. The number of esters is 2. The van der Waals surface area contributed by atoms with Gasteiger partial charge in [-0.05, 0) is 83.0 Å². The predicted molar refractivity (Wildman–Crippen MR) is 204 cm³/mol. The molecule has 1 N–H and O–H groups in total. The molecule has 1 aliphatic carbocycles. The van der Waals surface area contributed by atoms with Gasteiger partial charge >= 0.3 is 11.9 Å². The molecule has 0 bridgehead atoms. The number of nitrogens with one attached hydrogen (secondary N) is 1. The number of Topliss-reactive ketones (excluding diaryl/α,β-unsaturated/α-hetero) is 1. The summed E-state index contributed by atoms with van der Waals surface area (Å²) >= 11 is 0. The zero-order valence-electron chi connectivity index (χ0n) is 33.1. The van der Waals surface area contributed by atoms with E-state index in [-0.39, 0.29) is 62.1 Å². The summed E-state index contributed by atoms with van der Waals surface area (Å²) in [4.78, 5) is 68.1. The average Bonchev–Trinajstić information content (AvgIpc) is 3.72. The standard InChI is InChI=1S/C42H63N3O7/c1-10-44-24-13-17-34(44)40(50)45-28-32(26-35(45)39(49)43-27-36(46)41(5,6)7)52-38(48)21-20-37(47)51-25-22-30(3)15-11-14-29(2)18-19-33-31(4)16-12-23-42(33,8)9/h11,14-15,18-19,22,32,34-35H,10,12-13,16-17,20-21,23-28H2,1-9H3,(H,43,49)/b15-11+,19-18+,29-14+,30-22+. The quantitative estimate of drug-likeness (QED) is 0.149. The lowest BCUT2D eigenvalue weighted by molar-refractivity contribution is -0.153. The van der Waals surface area contributed by atoms with Crippen LogP contribution in [-0.4, -0.2) is 90.3 Å². The van der Waals surface area contributed by atoms with E-state index in [0.717, 1.165) is 30.5 Å². The zero-order chi connectivity index (χ0) is 38.6. The molecule has 0 aromatic heterocycles. The monoisotopic (exact) mass is 721 g/mol. The molecule has 3 atom stereocenters. The Morgan fingerprint density at radius 3 is 2.37 bits per heavy atom. The normalized spacial score (nSPS) is 23.1. The number of carbonyl (C=O) groups excluding carboxylic acids is 5. The van der Waals surface area contributed by atoms with Crippen LogP contribution in [0, 0.1) is 10.8 Å². The van der Waals surface area contributed by atoms with Crippen LogP contribution in [0.5, 0.6) is 0 Å². The van der Waals surface area contributed by atoms with Crippen molar-refractivity contribution in [3.63, 3.8) is 0 Å². The van der Waals surface area contributed by atoms with E-state index in [0.29, 0.717) is 13.0 Å². The molecule has 0 aromatic carbocycles. The number of allylic oxidation sites excluding steroid dienone is 9. The van der Waals surface area contributed by atoms with Crippen molar-refractivity contribution in [2.45, 2.75) is 132 Å². The van der Waals surface area contributed by atoms with Crippen molar-refractivity contribution in [3.05, 3.63) is 58.7 Å². The minimum Gasteiger partial charge on any atom is -0.461 e. The van der Waals surface area contributed by atoms with Crippen LogP contribution in [0.1, 0.15) is 114 Å². The Balaban J connectivity index is 1.47. The Kier molecular flexibility index (Phi) is 15.8. The molecule has 10 nitrogen and oxygen atoms in total. The van der Waals surface area contributed by atoms with E-state index in [1.807, 2.05) is 32.1 Å². The number of hydrogen-bond acceptors (Lipinski definition) is 8. The first-order valence-corrected chi connectivity index (χ1v) is 19.0. The highest BCUT2D eigenvalue weighted by Gasteiger charge is 2.45. The summed E-state index contributed by atoms with van der Waals surface area (Å²) in [6, 6.07) is -1.20. The number of likely N-dealkylation sites (tertiary alicyclic amines) is 2. The van der Waals surface area contributed by atoms with Crippen molar-refractivity contribution in [2.75, 3.05) is 32.8 Å². The summed E-state index contributed by atoms with van der Waals surface area (Å²) in [6.07, 6.45) is 16.5. The molecule has 10 heteroatoms. The number of likely N-dealkylation sites (N-methyl/N-ethyl adjacent to an activating group) is 1. The summed E-state index contributed by atoms with van der Waals surface area (Å²) in [5.41, 5.74) is 4.57. The van der Waals surface area contributed by atoms with Crippen LogP contribution in [0.15, 0.2) is 58.7 Å². The number of rotatable bonds is 15. The number of hydrogen-bond donors (Lipinski definition) is 1. The van der Waals surface area contributed by atoms with Crippen LogP contribution < -0.4 is 5.32 Å². The van der Waals surface area contributed by atoms with Gasteiger partial charge in [-0.3, -0.25) is 28.9 Å². The van der Waals surface area contributed by atoms with Gasteiger partial charge < -0.3 is 19.7 Å². The molecule has 0 spiro atoms. The van der Waals surface area contributed by atoms with E-state index in [2.05, 4.69) is 50.1 Å². The van der Waals surface area contributed by atoms with Crippen molar-refractivity contribution in [3.8, 4) is 0 Å². The fraction of sp³-hybridized carbons (Fsp3) is 0.643. The smallest absolute Gasteiger partial charge is 0.306 e. The van der Waals surface area contributed by atoms with Gasteiger partial charge in [0.05, 0.1) is 32.0 Å². The lowest BCUT2D eigenvalue weighted by atomic mass is 9.72. The van der Waals surface area contributed by atoms with Crippen molar-refractivity contribution in [1.29, 1.82) is 0 Å². The maximum atomic E-state index is 13.6. The van der Waals surface area contributed by atoms with Gasteiger partial charge in [0.1, 0.15) is 18.8 Å². The molecule has 288 valence electrons. The highest BCUT2D eigenvalue weighted by molar-refractivity contribution is 5.94. The van der Waals surface area contributed by atoms with Gasteiger partial charge in [0.15, 0.2) is 5.78 Å². The van der Waals surface area contributed by atoms with E-state index in [1.165, 1.54) is 28.9 Å². The summed E-state index contributed by atoms with van der Waals surface area (Å²) < 4.78 is 11.0. The molecule has 0 aromatic rings. The molecule has 52 heavy (non-hydrogen) atoms. The first-order chi connectivity index (χ1) is 24.4. The van der Waals surface area contributed by atoms with E-state index in [1.54, 1.807) is 26.8 Å². The molecule has 2 amide bonds. The summed E-state index contributed by atoms with van der Waals surface area (Å²) in [5.74, 6) is -1.86. The molecule has 2 aliphatic heterocycles. The third-order valence-electron chi connectivity index (χ3n) is 10.4. The van der Waals surface area contributed by atoms with Gasteiger partial charge in [-0.1, -0.05) is 88.6 Å². The number of carbonyl (C=O) groups is 5. The van der Waals surface area contributed by atoms with Gasteiger partial charge in [-0.2, -0.15) is 0 Å². The Labute approximate surface area is 311 Å². The summed E-state index contributed by atoms with van der Waals surface area (Å²) in [6.45, 7) is 19.7. The SMILES string of the molecule is CCN1CCCC1C(=O)N1CC(OC(=O)CCC(=O)OC/C=C(C)/C=C/C=C(C)/C=C/C2=C(C)CCCC2(C)C)CC1C(=O)NCC(=O)C(C)(C)C. The second-order valence-electron chi connectivity index (χ2n) is 16.2. The van der Waals surface area contributed by atoms with Gasteiger partial charge in [-0.25, -0.2) is 0 Å². The fourth-order valence-corrected chi connectivity index (χ4v) is 7.09. The minimum absolute atomic E-state index is 0.0763. The maximum Gasteiger partial charge on any atom is 0.306 e. The van der Waals surface area contributed by atoms with Crippen molar-refractivity contribution >= 4 is 29.5 Å². The van der Waals surface area contributed by atoms with E-state index >= 15 is 0 Å². The molecule has 2 fully saturated rings. The fourth-order valence-electron chi connectivity index (χ4n) is 7.09. The minimum atomic E-state index is -0.863. The molecule has 0 radical (unpaired) electrons. The Bertz CT molecular complexity index is 1480. The molecule has 2 heterocycles. The molecule has 3 aliphatic rings. The second-order valence-corrected chi connectivity index (χ2v) is 16.2. The van der Waals surface area contributed by atoms with Crippen LogP contribution >= 0.6 is 0 Å². The number of amides is 2. The van der Waals surface area contributed by atoms with Gasteiger partial charge in [-0.15, -0.1) is 0 Å². The Morgan fingerprint density at radius 1 is 0.981 bits per heavy atom. The number of ether oxygens (including phenoxy) is 2. The third kappa shape index (κ3) is 12.7. The molecule has 3 rings (SSSR count). The topological polar surface area (TPSA) is 122 Å².